The van der Waals surface area contributed by atoms with Crippen LogP contribution in [0.2, 0.25) is 0 Å². The fourth-order valence-corrected chi connectivity index (χ4v) is 4.75. The molecule has 0 amide bonds. The number of H-pyrrole nitrogens is 2. The average molecular weight is 424 g/mol. The molecule has 0 bridgehead atoms. The molecule has 5 aromatic heterocycles. The summed E-state index contributed by atoms with van der Waals surface area (Å²) >= 11 is 0. The fourth-order valence-electron chi connectivity index (χ4n) is 4.75. The van der Waals surface area contributed by atoms with Crippen LogP contribution in [0, 0.1) is 5.92 Å². The van der Waals surface area contributed by atoms with Crippen LogP contribution in [-0.4, -0.2) is 36.7 Å². The summed E-state index contributed by atoms with van der Waals surface area (Å²) in [6.45, 7) is 1.93. The summed E-state index contributed by atoms with van der Waals surface area (Å²) in [4.78, 5) is 16.7. The van der Waals surface area contributed by atoms with Crippen molar-refractivity contribution in [2.45, 2.75) is 32.2 Å². The molecule has 7 nitrogen and oxygen atoms in total. The summed E-state index contributed by atoms with van der Waals surface area (Å²) in [5.74, 6) is 0.831. The molecular weight excluding hydrogens is 398 g/mol. The van der Waals surface area contributed by atoms with Gasteiger partial charge in [-0.25, -0.2) is 4.98 Å². The van der Waals surface area contributed by atoms with Crippen molar-refractivity contribution >= 4 is 21.9 Å². The van der Waals surface area contributed by atoms with E-state index in [-0.39, 0.29) is 0 Å². The summed E-state index contributed by atoms with van der Waals surface area (Å²) in [5.41, 5.74) is 6.92. The van der Waals surface area contributed by atoms with Gasteiger partial charge in [-0.15, -0.1) is 0 Å². The number of aromatic nitrogens is 6. The van der Waals surface area contributed by atoms with Crippen LogP contribution in [0.15, 0.2) is 55.2 Å². The van der Waals surface area contributed by atoms with Gasteiger partial charge in [0.25, 0.3) is 0 Å². The molecule has 1 saturated carbocycles. The molecule has 6 rings (SSSR count). The second kappa shape index (κ2) is 8.16. The molecule has 1 fully saturated rings. The fraction of sp³-hybridized carbons (Fsp3) is 0.280. The van der Waals surface area contributed by atoms with E-state index >= 15 is 0 Å². The Hall–Kier alpha value is -3.58. The van der Waals surface area contributed by atoms with Crippen molar-refractivity contribution in [3.05, 3.63) is 60.8 Å². The molecule has 0 saturated heterocycles. The van der Waals surface area contributed by atoms with Gasteiger partial charge in [-0.05, 0) is 55.1 Å². The lowest BCUT2D eigenvalue weighted by Gasteiger charge is -2.11. The van der Waals surface area contributed by atoms with Gasteiger partial charge < -0.3 is 10.3 Å². The Morgan fingerprint density at radius 2 is 1.88 bits per heavy atom. The second-order valence-electron chi connectivity index (χ2n) is 8.70. The third-order valence-electron chi connectivity index (χ3n) is 6.47. The predicted octanol–water partition coefficient (Wildman–Crippen LogP) is 4.84. The van der Waals surface area contributed by atoms with Crippen LogP contribution in [0.3, 0.4) is 0 Å². The molecule has 5 aromatic rings. The Morgan fingerprint density at radius 3 is 2.78 bits per heavy atom. The number of rotatable bonds is 6. The van der Waals surface area contributed by atoms with E-state index in [9.17, 15) is 0 Å². The maximum atomic E-state index is 4.59. The number of pyridine rings is 3. The SMILES string of the molecule is c1cc2[nH]c(-c3[nH]nc4ncc(-c5cncc(CNCC6CCCC6)c5)cc34)cc2cn1. The molecule has 5 heterocycles. The van der Waals surface area contributed by atoms with Gasteiger partial charge in [0.15, 0.2) is 5.65 Å². The first-order valence-corrected chi connectivity index (χ1v) is 11.3. The zero-order chi connectivity index (χ0) is 21.3. The van der Waals surface area contributed by atoms with E-state index in [1.54, 1.807) is 6.20 Å². The van der Waals surface area contributed by atoms with E-state index in [0.717, 1.165) is 57.8 Å². The van der Waals surface area contributed by atoms with Gasteiger partial charge >= 0.3 is 0 Å². The molecule has 0 spiro atoms. The van der Waals surface area contributed by atoms with Crippen LogP contribution in [0.5, 0.6) is 0 Å². The lowest BCUT2D eigenvalue weighted by molar-refractivity contribution is 0.489. The minimum Gasteiger partial charge on any atom is -0.353 e. The predicted molar refractivity (Wildman–Crippen MR) is 126 cm³/mol. The van der Waals surface area contributed by atoms with Crippen molar-refractivity contribution in [1.29, 1.82) is 0 Å². The van der Waals surface area contributed by atoms with E-state index in [1.807, 2.05) is 30.9 Å². The Labute approximate surface area is 185 Å². The minimum atomic E-state index is 0.697. The maximum Gasteiger partial charge on any atom is 0.181 e. The van der Waals surface area contributed by atoms with Crippen LogP contribution in [0.4, 0.5) is 0 Å². The van der Waals surface area contributed by atoms with Crippen molar-refractivity contribution in [1.82, 2.24) is 35.5 Å². The summed E-state index contributed by atoms with van der Waals surface area (Å²) in [6, 6.07) is 8.39. The molecule has 0 aliphatic heterocycles. The molecule has 0 atom stereocenters. The summed E-state index contributed by atoms with van der Waals surface area (Å²) in [7, 11) is 0. The zero-order valence-corrected chi connectivity index (χ0v) is 17.8. The number of hydrogen-bond donors (Lipinski definition) is 3. The molecular formula is C25H25N7. The van der Waals surface area contributed by atoms with E-state index in [0.29, 0.717) is 5.65 Å². The highest BCUT2D eigenvalue weighted by molar-refractivity contribution is 5.95. The Bertz CT molecular complexity index is 1340. The van der Waals surface area contributed by atoms with Gasteiger partial charge in [0, 0.05) is 64.9 Å². The maximum absolute atomic E-state index is 4.59. The highest BCUT2D eigenvalue weighted by Gasteiger charge is 2.15. The van der Waals surface area contributed by atoms with Crippen LogP contribution in [-0.2, 0) is 6.54 Å². The minimum absolute atomic E-state index is 0.697. The third-order valence-corrected chi connectivity index (χ3v) is 6.47. The molecule has 3 N–H and O–H groups in total. The van der Waals surface area contributed by atoms with Gasteiger partial charge in [-0.3, -0.25) is 15.1 Å². The van der Waals surface area contributed by atoms with Crippen molar-refractivity contribution in [3.8, 4) is 22.5 Å². The van der Waals surface area contributed by atoms with Crippen LogP contribution >= 0.6 is 0 Å². The smallest absolute Gasteiger partial charge is 0.181 e. The van der Waals surface area contributed by atoms with Crippen molar-refractivity contribution in [2.75, 3.05) is 6.54 Å². The lowest BCUT2D eigenvalue weighted by Crippen LogP contribution is -2.20. The summed E-state index contributed by atoms with van der Waals surface area (Å²) < 4.78 is 0. The van der Waals surface area contributed by atoms with Crippen molar-refractivity contribution in [3.63, 3.8) is 0 Å². The second-order valence-corrected chi connectivity index (χ2v) is 8.70. The highest BCUT2D eigenvalue weighted by atomic mass is 15.2. The number of aromatic amines is 2. The Morgan fingerprint density at radius 1 is 0.969 bits per heavy atom. The number of hydrogen-bond acceptors (Lipinski definition) is 5. The first-order chi connectivity index (χ1) is 15.8. The molecule has 0 unspecified atom stereocenters. The van der Waals surface area contributed by atoms with Crippen LogP contribution in [0.1, 0.15) is 31.2 Å². The van der Waals surface area contributed by atoms with Gasteiger partial charge in [-0.1, -0.05) is 12.8 Å². The Kier molecular flexibility index (Phi) is 4.88. The topological polar surface area (TPSA) is 95.2 Å². The molecule has 1 aliphatic rings. The van der Waals surface area contributed by atoms with E-state index in [1.165, 1.54) is 31.2 Å². The van der Waals surface area contributed by atoms with E-state index in [2.05, 4.69) is 53.6 Å². The molecule has 7 heteroatoms. The average Bonchev–Trinajstić information content (AvgIpc) is 3.58. The van der Waals surface area contributed by atoms with Crippen molar-refractivity contribution < 1.29 is 0 Å². The summed E-state index contributed by atoms with van der Waals surface area (Å²) in [6.07, 6.45) is 14.8. The first kappa shape index (κ1) is 19.1. The van der Waals surface area contributed by atoms with Gasteiger partial charge in [0.05, 0.1) is 11.4 Å². The van der Waals surface area contributed by atoms with Crippen molar-refractivity contribution in [2.24, 2.45) is 5.92 Å². The molecule has 0 radical (unpaired) electrons. The standard InChI is InChI=1S/C25H25N7/c1-2-4-16(3-1)10-27-11-17-7-18(13-28-12-17)19-8-21-24(31-32-25(21)29-15-19)23-9-20-14-26-6-5-22(20)30-23/h5-9,12-16,27,30H,1-4,10-11H2,(H,29,31,32). The van der Waals surface area contributed by atoms with Crippen LogP contribution < -0.4 is 5.32 Å². The monoisotopic (exact) mass is 423 g/mol. The van der Waals surface area contributed by atoms with Gasteiger partial charge in [0.1, 0.15) is 0 Å². The quantitative estimate of drug-likeness (QED) is 0.363. The highest BCUT2D eigenvalue weighted by Crippen LogP contribution is 2.30. The molecule has 160 valence electrons. The first-order valence-electron chi connectivity index (χ1n) is 11.3. The van der Waals surface area contributed by atoms with Crippen LogP contribution in [0.25, 0.3) is 44.5 Å². The zero-order valence-electron chi connectivity index (χ0n) is 17.8. The largest absolute Gasteiger partial charge is 0.353 e. The number of fused-ring (bicyclic) bond motifs is 2. The molecule has 1 aliphatic carbocycles. The van der Waals surface area contributed by atoms with Gasteiger partial charge in [-0.2, -0.15) is 5.10 Å². The van der Waals surface area contributed by atoms with E-state index in [4.69, 9.17) is 0 Å². The normalized spacial score (nSPS) is 14.6. The molecule has 0 aromatic carbocycles. The number of nitrogens with one attached hydrogen (secondary N) is 3. The Balaban J connectivity index is 1.28. The third kappa shape index (κ3) is 3.65. The van der Waals surface area contributed by atoms with E-state index < -0.39 is 0 Å². The number of nitrogens with zero attached hydrogens (tertiary/aromatic N) is 4. The molecule has 32 heavy (non-hydrogen) atoms. The summed E-state index contributed by atoms with van der Waals surface area (Å²) in [5, 5.41) is 13.2. The van der Waals surface area contributed by atoms with Gasteiger partial charge in [0.2, 0.25) is 0 Å². The lowest BCUT2D eigenvalue weighted by atomic mass is 10.1.